The molecular weight excluding hydrogens is 568 g/mol. The first-order valence-corrected chi connectivity index (χ1v) is 14.3. The molecule has 4 N–H and O–H groups in total. The molecule has 1 spiro atoms. The van der Waals surface area contributed by atoms with Gasteiger partial charge in [0.2, 0.25) is 5.91 Å². The van der Waals surface area contributed by atoms with Crippen LogP contribution < -0.4 is 40.1 Å². The summed E-state index contributed by atoms with van der Waals surface area (Å²) in [6, 6.07) is 17.2. The first-order valence-electron chi connectivity index (χ1n) is 14.3. The van der Waals surface area contributed by atoms with E-state index in [1.165, 1.54) is 14.2 Å². The topological polar surface area (TPSA) is 151 Å². The zero-order chi connectivity index (χ0) is 31.1. The molecule has 12 heteroatoms. The molecule has 6 bridgehead atoms. The quantitative estimate of drug-likeness (QED) is 0.408. The predicted octanol–water partition coefficient (Wildman–Crippen LogP) is 2.63. The largest absolute Gasteiger partial charge is 0.493 e. The van der Waals surface area contributed by atoms with Crippen molar-refractivity contribution in [3.8, 4) is 34.5 Å². The summed E-state index contributed by atoms with van der Waals surface area (Å²) in [7, 11) is 3.02. The number of benzene rings is 3. The number of nitrogens with two attached hydrogens (primary N) is 1. The molecule has 3 aromatic carbocycles. The Kier molecular flexibility index (Phi) is 9.39. The molecule has 7 aliphatic heterocycles. The number of likely N-dealkylation sites (tertiary alicyclic amines) is 1. The van der Waals surface area contributed by atoms with Crippen molar-refractivity contribution in [1.29, 1.82) is 0 Å². The lowest BCUT2D eigenvalue weighted by molar-refractivity contribution is -0.141. The molecule has 1 fully saturated rings. The molecule has 0 radical (unpaired) electrons. The van der Waals surface area contributed by atoms with Crippen LogP contribution in [0.2, 0.25) is 0 Å². The van der Waals surface area contributed by atoms with Gasteiger partial charge >= 0.3 is 0 Å². The van der Waals surface area contributed by atoms with E-state index in [0.29, 0.717) is 66.0 Å². The molecule has 0 atom stereocenters. The van der Waals surface area contributed by atoms with Gasteiger partial charge in [0.25, 0.3) is 11.8 Å². The monoisotopic (exact) mass is 604 g/mol. The summed E-state index contributed by atoms with van der Waals surface area (Å²) in [5.74, 6) is 1.76. The number of piperidine rings is 1. The van der Waals surface area contributed by atoms with Crippen LogP contribution in [-0.2, 0) is 16.1 Å². The van der Waals surface area contributed by atoms with Crippen LogP contribution in [-0.4, -0.2) is 75.2 Å². The highest BCUT2D eigenvalue weighted by Crippen LogP contribution is 2.37. The van der Waals surface area contributed by atoms with Crippen LogP contribution in [0.1, 0.15) is 28.8 Å². The van der Waals surface area contributed by atoms with E-state index in [4.69, 9.17) is 29.4 Å². The molecule has 12 nitrogen and oxygen atoms in total. The van der Waals surface area contributed by atoms with E-state index >= 15 is 0 Å². The summed E-state index contributed by atoms with van der Waals surface area (Å²) >= 11 is 0. The fourth-order valence-electron chi connectivity index (χ4n) is 5.19. The summed E-state index contributed by atoms with van der Waals surface area (Å²) < 4.78 is 29.4. The molecule has 44 heavy (non-hydrogen) atoms. The fraction of sp³-hybridized carbons (Fsp3) is 0.344. The minimum absolute atomic E-state index is 0.119. The van der Waals surface area contributed by atoms with Crippen molar-refractivity contribution < 1.29 is 38.1 Å². The van der Waals surface area contributed by atoms with Crippen LogP contribution in [0.3, 0.4) is 0 Å². The van der Waals surface area contributed by atoms with E-state index in [-0.39, 0.29) is 38.1 Å². The van der Waals surface area contributed by atoms with E-state index in [9.17, 15) is 14.4 Å². The Morgan fingerprint density at radius 3 is 2.25 bits per heavy atom. The third kappa shape index (κ3) is 7.14. The Morgan fingerprint density at radius 2 is 1.57 bits per heavy atom. The van der Waals surface area contributed by atoms with Gasteiger partial charge in [0.05, 0.1) is 27.3 Å². The second-order valence-corrected chi connectivity index (χ2v) is 10.6. The maximum absolute atomic E-state index is 13.8. The minimum Gasteiger partial charge on any atom is -0.493 e. The summed E-state index contributed by atoms with van der Waals surface area (Å²) in [5, 5.41) is 5.86. The van der Waals surface area contributed by atoms with Gasteiger partial charge < -0.3 is 40.1 Å². The number of amides is 3. The van der Waals surface area contributed by atoms with Gasteiger partial charge in [0.15, 0.2) is 28.6 Å². The lowest BCUT2D eigenvalue weighted by Gasteiger charge is -2.40. The number of hydrogen-bond acceptors (Lipinski definition) is 9. The zero-order valence-electron chi connectivity index (χ0n) is 24.7. The first kappa shape index (κ1) is 30.5. The lowest BCUT2D eigenvalue weighted by atomic mass is 9.89. The average molecular weight is 605 g/mol. The molecule has 232 valence electrons. The second-order valence-electron chi connectivity index (χ2n) is 10.6. The number of carbonyl (C=O) groups is 3. The summed E-state index contributed by atoms with van der Waals surface area (Å²) in [5.41, 5.74) is 5.42. The molecule has 1 saturated heterocycles. The van der Waals surface area contributed by atoms with E-state index < -0.39 is 11.5 Å². The normalized spacial score (nSPS) is 17.1. The van der Waals surface area contributed by atoms with Crippen molar-refractivity contribution in [2.45, 2.75) is 25.0 Å². The van der Waals surface area contributed by atoms with Gasteiger partial charge in [0, 0.05) is 38.0 Å². The van der Waals surface area contributed by atoms with Crippen molar-refractivity contribution in [2.24, 2.45) is 5.73 Å². The number of hydrogen-bond donors (Lipinski definition) is 3. The summed E-state index contributed by atoms with van der Waals surface area (Å²) in [6.07, 6.45) is 0.724. The zero-order valence-corrected chi connectivity index (χ0v) is 24.7. The molecular formula is C32H36N4O8. The predicted molar refractivity (Wildman–Crippen MR) is 160 cm³/mol. The van der Waals surface area contributed by atoms with Gasteiger partial charge in [-0.25, -0.2) is 0 Å². The van der Waals surface area contributed by atoms with Gasteiger partial charge in [-0.1, -0.05) is 6.07 Å². The number of primary amides is 1. The molecule has 0 saturated carbocycles. The van der Waals surface area contributed by atoms with Crippen LogP contribution in [0, 0.1) is 0 Å². The van der Waals surface area contributed by atoms with Crippen LogP contribution in [0.25, 0.3) is 0 Å². The standard InChI is InChI=1S/C32H36N4O8/c1-40-27-17-21-3-9-25(27)43-26-10-4-22(18-28(26)41-2)30(38)34-13-16-42-23-5-7-24(8-6-23)44-32(31(39)35-19-21)11-14-36(15-12-32)20-29(33)37/h3-10,17-18H,11-16,19-20H2,1-2H3,(H2,33,37)(H,34,38)(H,35,39). The van der Waals surface area contributed by atoms with Gasteiger partial charge in [-0.15, -0.1) is 0 Å². The SMILES string of the molecule is COc1cc2ccc1Oc1ccc(cc1OC)C(=O)NCCOc1ccc(cc1)OC1(CCN(CC(N)=O)CC1)C(=O)NC2. The van der Waals surface area contributed by atoms with Crippen LogP contribution in [0.15, 0.2) is 60.7 Å². The maximum atomic E-state index is 13.8. The summed E-state index contributed by atoms with van der Waals surface area (Å²) in [4.78, 5) is 39.9. The molecule has 0 aromatic heterocycles. The van der Waals surface area contributed by atoms with Crippen LogP contribution in [0.4, 0.5) is 0 Å². The number of nitrogens with zero attached hydrogens (tertiary/aromatic N) is 1. The molecule has 0 unspecified atom stereocenters. The van der Waals surface area contributed by atoms with Gasteiger partial charge in [0.1, 0.15) is 18.1 Å². The minimum atomic E-state index is -1.16. The Bertz CT molecular complexity index is 1500. The average Bonchev–Trinajstić information content (AvgIpc) is 3.03. The number of methoxy groups -OCH3 is 2. The molecule has 7 aliphatic rings. The van der Waals surface area contributed by atoms with E-state index in [2.05, 4.69) is 10.6 Å². The second kappa shape index (κ2) is 13.6. The van der Waals surface area contributed by atoms with E-state index in [1.54, 1.807) is 54.6 Å². The molecule has 3 amide bonds. The number of ether oxygens (including phenoxy) is 5. The third-order valence-electron chi connectivity index (χ3n) is 7.58. The van der Waals surface area contributed by atoms with Crippen molar-refractivity contribution >= 4 is 17.7 Å². The van der Waals surface area contributed by atoms with Gasteiger partial charge in [-0.05, 0) is 60.2 Å². The molecule has 10 rings (SSSR count). The maximum Gasteiger partial charge on any atom is 0.264 e. The highest BCUT2D eigenvalue weighted by atomic mass is 16.5. The lowest BCUT2D eigenvalue weighted by Crippen LogP contribution is -2.57. The number of nitrogens with one attached hydrogen (secondary N) is 2. The smallest absolute Gasteiger partial charge is 0.264 e. The molecule has 3 aromatic rings. The number of carbonyl (C=O) groups excluding carboxylic acids is 3. The van der Waals surface area contributed by atoms with Gasteiger partial charge in [-0.3, -0.25) is 19.3 Å². The fourth-order valence-corrected chi connectivity index (χ4v) is 5.19. The Hall–Kier alpha value is -4.97. The van der Waals surface area contributed by atoms with Crippen LogP contribution >= 0.6 is 0 Å². The highest BCUT2D eigenvalue weighted by molar-refractivity contribution is 5.95. The Morgan fingerprint density at radius 1 is 0.909 bits per heavy atom. The first-order chi connectivity index (χ1) is 21.3. The summed E-state index contributed by atoms with van der Waals surface area (Å²) in [6.45, 7) is 1.77. The van der Waals surface area contributed by atoms with Gasteiger partial charge in [-0.2, -0.15) is 0 Å². The Labute approximate surface area is 255 Å². The molecule has 0 aliphatic carbocycles. The van der Waals surface area contributed by atoms with E-state index in [1.807, 2.05) is 11.0 Å². The van der Waals surface area contributed by atoms with Crippen molar-refractivity contribution in [3.63, 3.8) is 0 Å². The molecule has 7 heterocycles. The highest BCUT2D eigenvalue weighted by Gasteiger charge is 2.44. The Balaban J connectivity index is 1.43. The van der Waals surface area contributed by atoms with Crippen molar-refractivity contribution in [1.82, 2.24) is 15.5 Å². The van der Waals surface area contributed by atoms with Crippen molar-refractivity contribution in [2.75, 3.05) is 47.0 Å². The third-order valence-corrected chi connectivity index (χ3v) is 7.58. The van der Waals surface area contributed by atoms with Crippen molar-refractivity contribution in [3.05, 3.63) is 71.8 Å². The number of rotatable bonds is 4. The van der Waals surface area contributed by atoms with E-state index in [0.717, 1.165) is 5.56 Å². The van der Waals surface area contributed by atoms with Crippen LogP contribution in [0.5, 0.6) is 34.5 Å².